The van der Waals surface area contributed by atoms with Crippen molar-refractivity contribution in [2.75, 3.05) is 32.8 Å². The predicted molar refractivity (Wildman–Crippen MR) is 176 cm³/mol. The number of Topliss-reactive ketones (excluding diaryl/α,β-unsaturated/α-hetero) is 1. The van der Waals surface area contributed by atoms with E-state index in [0.717, 1.165) is 16.9 Å². The zero-order valence-corrected chi connectivity index (χ0v) is 27.6. The lowest BCUT2D eigenvalue weighted by Crippen LogP contribution is -2.29. The minimum Gasteiger partial charge on any atom is -0.507 e. The van der Waals surface area contributed by atoms with Crippen molar-refractivity contribution in [2.24, 2.45) is 0 Å². The summed E-state index contributed by atoms with van der Waals surface area (Å²) in [6, 6.07) is 16.8. The van der Waals surface area contributed by atoms with E-state index in [0.29, 0.717) is 40.5 Å². The molecule has 1 unspecified atom stereocenters. The summed E-state index contributed by atoms with van der Waals surface area (Å²) in [6.45, 7) is 5.56. The molecule has 1 N–H and O–H groups in total. The number of ether oxygens (including phenoxy) is 5. The average molecular weight is 659 g/mol. The van der Waals surface area contributed by atoms with Crippen LogP contribution in [0, 0.1) is 13.8 Å². The van der Waals surface area contributed by atoms with Gasteiger partial charge in [0.2, 0.25) is 5.75 Å². The minimum absolute atomic E-state index is 0.0758. The molecular formula is C35H34N2O9S. The Morgan fingerprint density at radius 3 is 2.23 bits per heavy atom. The Morgan fingerprint density at radius 1 is 0.957 bits per heavy atom. The molecule has 2 heterocycles. The Labute approximate surface area is 275 Å². The van der Waals surface area contributed by atoms with Gasteiger partial charge in [0.15, 0.2) is 16.6 Å². The average Bonchev–Trinajstić information content (AvgIpc) is 3.59. The molecule has 3 aromatic carbocycles. The summed E-state index contributed by atoms with van der Waals surface area (Å²) in [7, 11) is 4.34. The van der Waals surface area contributed by atoms with Crippen molar-refractivity contribution < 1.29 is 43.2 Å². The molecule has 1 aliphatic heterocycles. The number of carbonyl (C=O) groups excluding carboxylic acids is 3. The Bertz CT molecular complexity index is 1840. The number of esters is 1. The van der Waals surface area contributed by atoms with Crippen molar-refractivity contribution in [3.05, 3.63) is 99.1 Å². The molecule has 11 nitrogen and oxygen atoms in total. The predicted octanol–water partition coefficient (Wildman–Crippen LogP) is 6.17. The van der Waals surface area contributed by atoms with Gasteiger partial charge >= 0.3 is 11.9 Å². The highest BCUT2D eigenvalue weighted by molar-refractivity contribution is 7.17. The molecule has 0 bridgehead atoms. The Kier molecular flexibility index (Phi) is 9.80. The van der Waals surface area contributed by atoms with Crippen molar-refractivity contribution >= 4 is 39.9 Å². The number of aliphatic hydroxyl groups is 1. The number of aliphatic hydroxyl groups excluding tert-OH is 1. The fraction of sp³-hybridized carbons (Fsp3) is 0.257. The van der Waals surface area contributed by atoms with Crippen LogP contribution in [0.3, 0.4) is 0 Å². The van der Waals surface area contributed by atoms with Gasteiger partial charge in [-0.05, 0) is 67.8 Å². The quantitative estimate of drug-likeness (QED) is 0.0864. The van der Waals surface area contributed by atoms with Gasteiger partial charge in [0, 0.05) is 5.56 Å². The molecule has 1 fully saturated rings. The van der Waals surface area contributed by atoms with Crippen LogP contribution in [0.5, 0.6) is 23.0 Å². The number of carbonyl (C=O) groups is 3. The molecule has 0 spiro atoms. The SMILES string of the molecule is CCOC(=O)c1sc(N2C(=O)C(=O)C(=C(O)c3ccc(OCc4ccccc4)cc3C)C2c2cc(OC)c(OC)c(OC)c2)nc1C. The Hall–Kier alpha value is -5.36. The standard InChI is InChI=1S/C35H34N2O9S/c1-7-45-34(41)32-20(3)36-35(47-32)37-28(22-16-25(42-4)31(44-6)26(17-22)43-5)27(30(39)33(37)40)29(38)24-14-13-23(15-19(24)2)46-18-21-11-9-8-10-12-21/h8-17,28,38H,7,18H2,1-6H3. The van der Waals surface area contributed by atoms with Gasteiger partial charge in [-0.2, -0.15) is 0 Å². The van der Waals surface area contributed by atoms with Gasteiger partial charge in [-0.15, -0.1) is 0 Å². The first-order valence-electron chi connectivity index (χ1n) is 14.7. The third-order valence-electron chi connectivity index (χ3n) is 7.60. The Morgan fingerprint density at radius 2 is 1.64 bits per heavy atom. The fourth-order valence-corrected chi connectivity index (χ4v) is 6.34. The molecular weight excluding hydrogens is 624 g/mol. The first kappa shape index (κ1) is 33.0. The van der Waals surface area contributed by atoms with Gasteiger partial charge in [-0.1, -0.05) is 41.7 Å². The molecule has 0 radical (unpaired) electrons. The van der Waals surface area contributed by atoms with E-state index in [4.69, 9.17) is 23.7 Å². The van der Waals surface area contributed by atoms with Crippen LogP contribution in [-0.4, -0.2) is 55.7 Å². The first-order valence-corrected chi connectivity index (χ1v) is 15.5. The van der Waals surface area contributed by atoms with E-state index in [1.165, 1.54) is 26.2 Å². The third-order valence-corrected chi connectivity index (χ3v) is 8.74. The smallest absolute Gasteiger partial charge is 0.350 e. The molecule has 0 aliphatic carbocycles. The van der Waals surface area contributed by atoms with Crippen molar-refractivity contribution in [3.63, 3.8) is 0 Å². The number of hydrogen-bond donors (Lipinski definition) is 1. The number of methoxy groups -OCH3 is 3. The van der Waals surface area contributed by atoms with Crippen molar-refractivity contribution in [1.29, 1.82) is 0 Å². The fourth-order valence-electron chi connectivity index (χ4n) is 5.35. The lowest BCUT2D eigenvalue weighted by molar-refractivity contribution is -0.132. The van der Waals surface area contributed by atoms with Gasteiger partial charge in [0.05, 0.1) is 45.2 Å². The molecule has 47 heavy (non-hydrogen) atoms. The van der Waals surface area contributed by atoms with Crippen LogP contribution in [-0.2, 0) is 20.9 Å². The second-order valence-electron chi connectivity index (χ2n) is 10.5. The van der Waals surface area contributed by atoms with Gasteiger partial charge in [0.1, 0.15) is 23.0 Å². The summed E-state index contributed by atoms with van der Waals surface area (Å²) in [5, 5.41) is 11.9. The number of nitrogens with zero attached hydrogens (tertiary/aromatic N) is 2. The van der Waals surface area contributed by atoms with E-state index in [9.17, 15) is 19.5 Å². The summed E-state index contributed by atoms with van der Waals surface area (Å²) in [5.41, 5.74) is 2.44. The molecule has 1 atom stereocenters. The lowest BCUT2D eigenvalue weighted by Gasteiger charge is -2.25. The van der Waals surface area contributed by atoms with Crippen molar-refractivity contribution in [3.8, 4) is 23.0 Å². The van der Waals surface area contributed by atoms with Gasteiger partial charge in [0.25, 0.3) is 5.78 Å². The Balaban J connectivity index is 1.65. The zero-order valence-electron chi connectivity index (χ0n) is 26.8. The highest BCUT2D eigenvalue weighted by Crippen LogP contribution is 2.48. The van der Waals surface area contributed by atoms with Gasteiger partial charge < -0.3 is 28.8 Å². The minimum atomic E-state index is -1.18. The normalized spacial score (nSPS) is 15.4. The summed E-state index contributed by atoms with van der Waals surface area (Å²) in [4.78, 5) is 46.2. The van der Waals surface area contributed by atoms with Crippen molar-refractivity contribution in [2.45, 2.75) is 33.4 Å². The second-order valence-corrected chi connectivity index (χ2v) is 11.5. The van der Waals surface area contributed by atoms with Gasteiger partial charge in [-0.25, -0.2) is 9.78 Å². The van der Waals surface area contributed by atoms with E-state index >= 15 is 0 Å². The van der Waals surface area contributed by atoms with Crippen molar-refractivity contribution in [1.82, 2.24) is 4.98 Å². The monoisotopic (exact) mass is 658 g/mol. The number of ketones is 1. The number of aromatic nitrogens is 1. The molecule has 0 saturated carbocycles. The van der Waals surface area contributed by atoms with E-state index < -0.39 is 29.5 Å². The van der Waals surface area contributed by atoms with Crippen LogP contribution in [0.15, 0.2) is 66.2 Å². The maximum absolute atomic E-state index is 13.8. The second kappa shape index (κ2) is 14.0. The molecule has 1 amide bonds. The molecule has 12 heteroatoms. The van der Waals surface area contributed by atoms with Crippen LogP contribution in [0.4, 0.5) is 5.13 Å². The number of aryl methyl sites for hydroxylation is 2. The summed E-state index contributed by atoms with van der Waals surface area (Å²) < 4.78 is 27.7. The lowest BCUT2D eigenvalue weighted by atomic mass is 9.93. The summed E-state index contributed by atoms with van der Waals surface area (Å²) >= 11 is 0.914. The topological polar surface area (TPSA) is 134 Å². The molecule has 1 aromatic heterocycles. The van der Waals surface area contributed by atoms with Crippen LogP contribution < -0.4 is 23.8 Å². The van der Waals surface area contributed by atoms with E-state index in [2.05, 4.69) is 4.98 Å². The number of thiazole rings is 1. The number of rotatable bonds is 11. The maximum atomic E-state index is 13.8. The zero-order chi connectivity index (χ0) is 33.8. The van der Waals surface area contributed by atoms with E-state index in [1.54, 1.807) is 51.1 Å². The molecule has 5 rings (SSSR count). The van der Waals surface area contributed by atoms with Gasteiger partial charge in [-0.3, -0.25) is 14.5 Å². The summed E-state index contributed by atoms with van der Waals surface area (Å²) in [5.74, 6) is -1.46. The number of anilines is 1. The number of benzene rings is 3. The van der Waals surface area contributed by atoms with Crippen LogP contribution in [0.25, 0.3) is 5.76 Å². The highest BCUT2D eigenvalue weighted by atomic mass is 32.1. The van der Waals surface area contributed by atoms with E-state index in [-0.39, 0.29) is 33.7 Å². The number of amides is 1. The third kappa shape index (κ3) is 6.36. The molecule has 4 aromatic rings. The van der Waals surface area contributed by atoms with E-state index in [1.807, 2.05) is 30.3 Å². The molecule has 1 aliphatic rings. The maximum Gasteiger partial charge on any atom is 0.350 e. The first-order chi connectivity index (χ1) is 22.6. The number of hydrogen-bond acceptors (Lipinski definition) is 11. The largest absolute Gasteiger partial charge is 0.507 e. The summed E-state index contributed by atoms with van der Waals surface area (Å²) in [6.07, 6.45) is 0. The van der Waals surface area contributed by atoms with Crippen LogP contribution in [0.2, 0.25) is 0 Å². The van der Waals surface area contributed by atoms with Crippen LogP contribution >= 0.6 is 11.3 Å². The highest BCUT2D eigenvalue weighted by Gasteiger charge is 2.49. The van der Waals surface area contributed by atoms with Crippen LogP contribution in [0.1, 0.15) is 50.6 Å². The molecule has 1 saturated heterocycles. The molecule has 244 valence electrons.